The first-order valence-corrected chi connectivity index (χ1v) is 6.49. The summed E-state index contributed by atoms with van der Waals surface area (Å²) in [6, 6.07) is 14.5. The van der Waals surface area contributed by atoms with E-state index in [9.17, 15) is 9.59 Å². The molecule has 5 heteroatoms. The molecule has 0 spiro atoms. The van der Waals surface area contributed by atoms with Crippen molar-refractivity contribution in [3.8, 4) is 0 Å². The third kappa shape index (κ3) is 3.53. The lowest BCUT2D eigenvalue weighted by molar-refractivity contribution is 0.0444. The molecule has 3 rings (SSSR count). The molecule has 5 nitrogen and oxygen atoms in total. The molecule has 1 aliphatic rings. The van der Waals surface area contributed by atoms with Gasteiger partial charge in [-0.15, -0.1) is 0 Å². The van der Waals surface area contributed by atoms with Crippen molar-refractivity contribution < 1.29 is 14.3 Å². The van der Waals surface area contributed by atoms with Crippen LogP contribution in [0.4, 0.5) is 0 Å². The Balaban J connectivity index is 0.000000155. The molecule has 0 saturated heterocycles. The molecule has 2 aromatic rings. The van der Waals surface area contributed by atoms with Crippen LogP contribution < -0.4 is 11.5 Å². The summed E-state index contributed by atoms with van der Waals surface area (Å²) in [5, 5.41) is 0. The zero-order valence-electron chi connectivity index (χ0n) is 11.4. The van der Waals surface area contributed by atoms with Crippen LogP contribution >= 0.6 is 0 Å². The van der Waals surface area contributed by atoms with Gasteiger partial charge >= 0.3 is 11.9 Å². The highest BCUT2D eigenvalue weighted by atomic mass is 16.6. The van der Waals surface area contributed by atoms with Gasteiger partial charge in [0, 0.05) is 13.1 Å². The number of carbonyl (C=O) groups is 2. The van der Waals surface area contributed by atoms with E-state index in [1.807, 2.05) is 24.3 Å². The monoisotopic (exact) mass is 284 g/mol. The van der Waals surface area contributed by atoms with Gasteiger partial charge in [0.15, 0.2) is 0 Å². The van der Waals surface area contributed by atoms with E-state index in [0.717, 1.165) is 11.1 Å². The van der Waals surface area contributed by atoms with Crippen molar-refractivity contribution in [1.82, 2.24) is 0 Å². The molecule has 0 radical (unpaired) electrons. The normalized spacial score (nSPS) is 12.3. The maximum Gasteiger partial charge on any atom is 0.346 e. The fourth-order valence-corrected chi connectivity index (χ4v) is 1.92. The van der Waals surface area contributed by atoms with Gasteiger partial charge in [0.2, 0.25) is 0 Å². The van der Waals surface area contributed by atoms with Crippen molar-refractivity contribution in [1.29, 1.82) is 0 Å². The third-order valence-electron chi connectivity index (χ3n) is 3.02. The summed E-state index contributed by atoms with van der Waals surface area (Å²) in [5.74, 6) is -1.10. The van der Waals surface area contributed by atoms with Crippen molar-refractivity contribution in [2.24, 2.45) is 11.5 Å². The third-order valence-corrected chi connectivity index (χ3v) is 3.02. The Kier molecular flexibility index (Phi) is 4.81. The van der Waals surface area contributed by atoms with Crippen LogP contribution in [0.15, 0.2) is 48.5 Å². The number of hydrogen-bond acceptors (Lipinski definition) is 5. The first-order chi connectivity index (χ1) is 10.2. The lowest BCUT2D eigenvalue weighted by Gasteiger charge is -1.98. The average Bonchev–Trinajstić information content (AvgIpc) is 2.83. The van der Waals surface area contributed by atoms with Crippen molar-refractivity contribution >= 4 is 11.9 Å². The van der Waals surface area contributed by atoms with E-state index in [2.05, 4.69) is 4.74 Å². The molecular weight excluding hydrogens is 268 g/mol. The van der Waals surface area contributed by atoms with Gasteiger partial charge in [-0.05, 0) is 23.3 Å². The molecule has 0 saturated carbocycles. The number of carbonyl (C=O) groups excluding carboxylic acids is 2. The van der Waals surface area contributed by atoms with E-state index >= 15 is 0 Å². The highest BCUT2D eigenvalue weighted by Crippen LogP contribution is 2.18. The molecule has 0 fully saturated rings. The second kappa shape index (κ2) is 6.78. The van der Waals surface area contributed by atoms with Gasteiger partial charge in [-0.3, -0.25) is 0 Å². The number of esters is 2. The van der Waals surface area contributed by atoms with Crippen molar-refractivity contribution in [2.45, 2.75) is 13.1 Å². The number of ether oxygens (including phenoxy) is 1. The van der Waals surface area contributed by atoms with Gasteiger partial charge in [0.25, 0.3) is 0 Å². The average molecular weight is 284 g/mol. The van der Waals surface area contributed by atoms with Crippen LogP contribution in [0.5, 0.6) is 0 Å². The smallest absolute Gasteiger partial charge is 0.346 e. The van der Waals surface area contributed by atoms with Gasteiger partial charge in [-0.2, -0.15) is 0 Å². The first kappa shape index (κ1) is 14.9. The van der Waals surface area contributed by atoms with Crippen LogP contribution in [0.3, 0.4) is 0 Å². The zero-order valence-corrected chi connectivity index (χ0v) is 11.4. The fraction of sp³-hybridized carbons (Fsp3) is 0.125. The SMILES string of the molecule is NCc1cccc(CN)c1.O=C1OC(=O)c2ccccc21. The molecule has 0 aromatic heterocycles. The van der Waals surface area contributed by atoms with Gasteiger partial charge in [-0.1, -0.05) is 36.4 Å². The molecule has 4 N–H and O–H groups in total. The molecule has 1 aliphatic heterocycles. The van der Waals surface area contributed by atoms with Crippen molar-refractivity contribution in [3.05, 3.63) is 70.8 Å². The predicted octanol–water partition coefficient (Wildman–Crippen LogP) is 1.60. The second-order valence-electron chi connectivity index (χ2n) is 4.45. The number of cyclic esters (lactones) is 2. The van der Waals surface area contributed by atoms with Gasteiger partial charge in [0.05, 0.1) is 11.1 Å². The highest BCUT2D eigenvalue weighted by Gasteiger charge is 2.28. The molecule has 0 amide bonds. The topological polar surface area (TPSA) is 95.4 Å². The quantitative estimate of drug-likeness (QED) is 0.645. The van der Waals surface area contributed by atoms with Gasteiger partial charge in [-0.25, -0.2) is 9.59 Å². The van der Waals surface area contributed by atoms with E-state index in [1.54, 1.807) is 24.3 Å². The molecule has 0 unspecified atom stereocenters. The lowest BCUT2D eigenvalue weighted by Crippen LogP contribution is -2.00. The summed E-state index contributed by atoms with van der Waals surface area (Å²) in [7, 11) is 0. The van der Waals surface area contributed by atoms with Crippen LogP contribution in [0.1, 0.15) is 31.8 Å². The van der Waals surface area contributed by atoms with Gasteiger partial charge in [0.1, 0.15) is 0 Å². The molecule has 108 valence electrons. The van der Waals surface area contributed by atoms with Crippen LogP contribution in [0.2, 0.25) is 0 Å². The van der Waals surface area contributed by atoms with E-state index in [4.69, 9.17) is 11.5 Å². The minimum Gasteiger partial charge on any atom is -0.386 e. The Labute approximate surface area is 122 Å². The van der Waals surface area contributed by atoms with Crippen molar-refractivity contribution in [3.63, 3.8) is 0 Å². The second-order valence-corrected chi connectivity index (χ2v) is 4.45. The van der Waals surface area contributed by atoms with Crippen LogP contribution in [-0.4, -0.2) is 11.9 Å². The van der Waals surface area contributed by atoms with E-state index in [-0.39, 0.29) is 0 Å². The lowest BCUT2D eigenvalue weighted by atomic mass is 10.1. The standard InChI is InChI=1S/C8H12N2.C8H4O3/c9-5-7-2-1-3-8(4-7)6-10;9-7-5-3-1-2-4-6(5)8(10)11-7/h1-4H,5-6,9-10H2;1-4H. The Morgan fingerprint density at radius 1 is 0.762 bits per heavy atom. The number of hydrogen-bond donors (Lipinski definition) is 2. The highest BCUT2D eigenvalue weighted by molar-refractivity contribution is 6.14. The summed E-state index contributed by atoms with van der Waals surface area (Å²) in [5.41, 5.74) is 13.9. The molecule has 0 bridgehead atoms. The first-order valence-electron chi connectivity index (χ1n) is 6.49. The summed E-state index contributed by atoms with van der Waals surface area (Å²) in [6.07, 6.45) is 0. The molecule has 21 heavy (non-hydrogen) atoms. The van der Waals surface area contributed by atoms with Crippen LogP contribution in [0.25, 0.3) is 0 Å². The molecule has 1 heterocycles. The van der Waals surface area contributed by atoms with Crippen LogP contribution in [0, 0.1) is 0 Å². The number of nitrogens with two attached hydrogens (primary N) is 2. The predicted molar refractivity (Wildman–Crippen MR) is 78.4 cm³/mol. The van der Waals surface area contributed by atoms with Gasteiger partial charge < -0.3 is 16.2 Å². The maximum atomic E-state index is 10.8. The molecule has 0 aliphatic carbocycles. The Morgan fingerprint density at radius 3 is 1.67 bits per heavy atom. The minimum absolute atomic E-state index is 0.359. The van der Waals surface area contributed by atoms with Crippen LogP contribution in [-0.2, 0) is 17.8 Å². The largest absolute Gasteiger partial charge is 0.386 e. The molecule has 2 aromatic carbocycles. The fourth-order valence-electron chi connectivity index (χ4n) is 1.92. The molecule has 0 atom stereocenters. The Bertz CT molecular complexity index is 616. The van der Waals surface area contributed by atoms with E-state index < -0.39 is 11.9 Å². The number of benzene rings is 2. The molecular formula is C16H16N2O3. The maximum absolute atomic E-state index is 10.8. The Morgan fingerprint density at radius 2 is 1.24 bits per heavy atom. The summed E-state index contributed by atoms with van der Waals surface area (Å²) < 4.78 is 4.35. The van der Waals surface area contributed by atoms with E-state index in [0.29, 0.717) is 24.2 Å². The summed E-state index contributed by atoms with van der Waals surface area (Å²) in [6.45, 7) is 1.18. The summed E-state index contributed by atoms with van der Waals surface area (Å²) >= 11 is 0. The Hall–Kier alpha value is -2.50. The number of rotatable bonds is 2. The van der Waals surface area contributed by atoms with E-state index in [1.165, 1.54) is 0 Å². The van der Waals surface area contributed by atoms with Crippen molar-refractivity contribution in [2.75, 3.05) is 0 Å². The zero-order chi connectivity index (χ0) is 15.2. The number of fused-ring (bicyclic) bond motifs is 1. The summed E-state index contributed by atoms with van der Waals surface area (Å²) in [4.78, 5) is 21.7. The minimum atomic E-state index is -0.550.